The molecule has 4 rings (SSSR count). The van der Waals surface area contributed by atoms with Crippen molar-refractivity contribution in [2.75, 3.05) is 25.0 Å². The second-order valence-corrected chi connectivity index (χ2v) is 7.09. The standard InChI is InChI=1S/C19H24N4O2/c1-23-11-14(8-21-23)17-9-20-10-18(17)19(24)22-15-4-6-16(7-5-15)25-12-13-2-3-13/h4-8,11,13,17-18,20H,2-3,9-10,12H2,1H3,(H,22,24)/t17-,18+/m1/s1. The van der Waals surface area contributed by atoms with Crippen LogP contribution in [-0.4, -0.2) is 35.4 Å². The van der Waals surface area contributed by atoms with Crippen LogP contribution in [0.25, 0.3) is 0 Å². The van der Waals surface area contributed by atoms with Crippen molar-refractivity contribution in [3.63, 3.8) is 0 Å². The van der Waals surface area contributed by atoms with Crippen molar-refractivity contribution in [2.45, 2.75) is 18.8 Å². The second-order valence-electron chi connectivity index (χ2n) is 7.09. The first-order chi connectivity index (χ1) is 12.2. The molecular formula is C19H24N4O2. The fourth-order valence-corrected chi connectivity index (χ4v) is 3.30. The van der Waals surface area contributed by atoms with Crippen molar-refractivity contribution in [1.29, 1.82) is 0 Å². The molecule has 0 unspecified atom stereocenters. The lowest BCUT2D eigenvalue weighted by atomic mass is 9.90. The van der Waals surface area contributed by atoms with Gasteiger partial charge in [0.05, 0.1) is 18.7 Å². The number of anilines is 1. The number of carbonyl (C=O) groups excluding carboxylic acids is 1. The van der Waals surface area contributed by atoms with Gasteiger partial charge in [-0.1, -0.05) is 0 Å². The van der Waals surface area contributed by atoms with E-state index in [9.17, 15) is 4.79 Å². The number of aromatic nitrogens is 2. The van der Waals surface area contributed by atoms with Crippen molar-refractivity contribution >= 4 is 11.6 Å². The molecule has 6 nitrogen and oxygen atoms in total. The van der Waals surface area contributed by atoms with Gasteiger partial charge in [-0.25, -0.2) is 0 Å². The maximum Gasteiger partial charge on any atom is 0.229 e. The Morgan fingerprint density at radius 3 is 2.80 bits per heavy atom. The van der Waals surface area contributed by atoms with Crippen molar-refractivity contribution in [1.82, 2.24) is 15.1 Å². The van der Waals surface area contributed by atoms with Gasteiger partial charge in [0, 0.05) is 37.9 Å². The minimum atomic E-state index is -0.0880. The van der Waals surface area contributed by atoms with Crippen LogP contribution in [0.5, 0.6) is 5.75 Å². The number of hydrogen-bond acceptors (Lipinski definition) is 4. The normalized spacial score (nSPS) is 22.8. The molecule has 2 aromatic rings. The molecule has 1 aromatic carbocycles. The topological polar surface area (TPSA) is 68.2 Å². The van der Waals surface area contributed by atoms with Crippen LogP contribution in [0.1, 0.15) is 24.3 Å². The van der Waals surface area contributed by atoms with Crippen molar-refractivity contribution in [2.24, 2.45) is 18.9 Å². The maximum atomic E-state index is 12.7. The lowest BCUT2D eigenvalue weighted by Gasteiger charge is -2.17. The van der Waals surface area contributed by atoms with Gasteiger partial charge >= 0.3 is 0 Å². The van der Waals surface area contributed by atoms with Crippen LogP contribution in [0.4, 0.5) is 5.69 Å². The van der Waals surface area contributed by atoms with Gasteiger partial charge < -0.3 is 15.4 Å². The number of hydrogen-bond donors (Lipinski definition) is 2. The van der Waals surface area contributed by atoms with E-state index in [2.05, 4.69) is 15.7 Å². The number of nitrogens with one attached hydrogen (secondary N) is 2. The Balaban J connectivity index is 1.37. The Kier molecular flexibility index (Phi) is 4.44. The van der Waals surface area contributed by atoms with Crippen LogP contribution in [0, 0.1) is 11.8 Å². The molecule has 2 N–H and O–H groups in total. The van der Waals surface area contributed by atoms with E-state index in [0.717, 1.165) is 36.1 Å². The van der Waals surface area contributed by atoms with E-state index in [-0.39, 0.29) is 17.7 Å². The maximum absolute atomic E-state index is 12.7. The van der Waals surface area contributed by atoms with Crippen LogP contribution in [0.2, 0.25) is 0 Å². The Labute approximate surface area is 147 Å². The molecule has 1 amide bonds. The zero-order valence-corrected chi connectivity index (χ0v) is 14.4. The minimum Gasteiger partial charge on any atom is -0.493 e. The van der Waals surface area contributed by atoms with E-state index in [1.54, 1.807) is 4.68 Å². The highest BCUT2D eigenvalue weighted by Gasteiger charge is 2.34. The lowest BCUT2D eigenvalue weighted by Crippen LogP contribution is -2.28. The average Bonchev–Trinajstić information content (AvgIpc) is 3.13. The van der Waals surface area contributed by atoms with Crippen molar-refractivity contribution in [3.05, 3.63) is 42.2 Å². The van der Waals surface area contributed by atoms with E-state index < -0.39 is 0 Å². The summed E-state index contributed by atoms with van der Waals surface area (Å²) in [5.74, 6) is 1.72. The van der Waals surface area contributed by atoms with Crippen LogP contribution in [0.15, 0.2) is 36.7 Å². The largest absolute Gasteiger partial charge is 0.493 e. The summed E-state index contributed by atoms with van der Waals surface area (Å²) >= 11 is 0. The van der Waals surface area contributed by atoms with Crippen molar-refractivity contribution in [3.8, 4) is 5.75 Å². The number of carbonyl (C=O) groups is 1. The molecular weight excluding hydrogens is 316 g/mol. The van der Waals surface area contributed by atoms with Gasteiger partial charge in [-0.05, 0) is 48.6 Å². The SMILES string of the molecule is Cn1cc([C@H]2CNC[C@@H]2C(=O)Nc2ccc(OCC3CC3)cc2)cn1. The highest BCUT2D eigenvalue weighted by molar-refractivity contribution is 5.93. The number of amides is 1. The summed E-state index contributed by atoms with van der Waals surface area (Å²) in [6.07, 6.45) is 6.40. The number of rotatable bonds is 6. The molecule has 25 heavy (non-hydrogen) atoms. The van der Waals surface area contributed by atoms with E-state index in [0.29, 0.717) is 6.54 Å². The lowest BCUT2D eigenvalue weighted by molar-refractivity contribution is -0.119. The molecule has 2 heterocycles. The van der Waals surface area contributed by atoms with Gasteiger partial charge in [0.15, 0.2) is 0 Å². The van der Waals surface area contributed by atoms with Crippen LogP contribution in [-0.2, 0) is 11.8 Å². The number of aryl methyl sites for hydroxylation is 1. The van der Waals surface area contributed by atoms with Gasteiger partial charge in [-0.15, -0.1) is 0 Å². The third kappa shape index (κ3) is 3.85. The summed E-state index contributed by atoms with van der Waals surface area (Å²) in [6, 6.07) is 7.65. The molecule has 0 spiro atoms. The number of nitrogens with zero attached hydrogens (tertiary/aromatic N) is 2. The Bertz CT molecular complexity index is 736. The van der Waals surface area contributed by atoms with Gasteiger partial charge in [-0.2, -0.15) is 5.10 Å². The molecule has 0 bridgehead atoms. The van der Waals surface area contributed by atoms with Gasteiger partial charge in [0.25, 0.3) is 0 Å². The minimum absolute atomic E-state index is 0.0468. The molecule has 1 aliphatic carbocycles. The molecule has 2 fully saturated rings. The predicted molar refractivity (Wildman–Crippen MR) is 95.6 cm³/mol. The Morgan fingerprint density at radius 1 is 1.32 bits per heavy atom. The molecule has 1 aliphatic heterocycles. The zero-order chi connectivity index (χ0) is 17.2. The fraction of sp³-hybridized carbons (Fsp3) is 0.474. The highest BCUT2D eigenvalue weighted by atomic mass is 16.5. The van der Waals surface area contributed by atoms with Crippen LogP contribution in [0.3, 0.4) is 0 Å². The van der Waals surface area contributed by atoms with Gasteiger partial charge in [0.2, 0.25) is 5.91 Å². The van der Waals surface area contributed by atoms with E-state index in [1.165, 1.54) is 12.8 Å². The van der Waals surface area contributed by atoms with E-state index in [4.69, 9.17) is 4.74 Å². The third-order valence-electron chi connectivity index (χ3n) is 5.01. The second kappa shape index (κ2) is 6.88. The van der Waals surface area contributed by atoms with E-state index >= 15 is 0 Å². The van der Waals surface area contributed by atoms with E-state index in [1.807, 2.05) is 43.7 Å². The molecule has 6 heteroatoms. The number of ether oxygens (including phenoxy) is 1. The molecule has 2 aliphatic rings. The monoisotopic (exact) mass is 340 g/mol. The first-order valence-electron chi connectivity index (χ1n) is 8.92. The average molecular weight is 340 g/mol. The molecule has 1 saturated heterocycles. The van der Waals surface area contributed by atoms with Gasteiger partial charge in [-0.3, -0.25) is 9.48 Å². The summed E-state index contributed by atoms with van der Waals surface area (Å²) in [7, 11) is 1.90. The molecule has 0 radical (unpaired) electrons. The zero-order valence-electron chi connectivity index (χ0n) is 14.4. The smallest absolute Gasteiger partial charge is 0.229 e. The molecule has 2 atom stereocenters. The first kappa shape index (κ1) is 16.1. The summed E-state index contributed by atoms with van der Waals surface area (Å²) in [5.41, 5.74) is 1.91. The summed E-state index contributed by atoms with van der Waals surface area (Å²) in [5, 5.41) is 10.6. The molecule has 1 aromatic heterocycles. The molecule has 1 saturated carbocycles. The van der Waals surface area contributed by atoms with Crippen LogP contribution < -0.4 is 15.4 Å². The summed E-state index contributed by atoms with van der Waals surface area (Å²) in [6.45, 7) is 2.29. The summed E-state index contributed by atoms with van der Waals surface area (Å²) < 4.78 is 7.52. The highest BCUT2D eigenvalue weighted by Crippen LogP contribution is 2.30. The van der Waals surface area contributed by atoms with Crippen molar-refractivity contribution < 1.29 is 9.53 Å². The van der Waals surface area contributed by atoms with Gasteiger partial charge in [0.1, 0.15) is 5.75 Å². The quantitative estimate of drug-likeness (QED) is 0.845. The Hall–Kier alpha value is -2.34. The molecule has 132 valence electrons. The fourth-order valence-electron chi connectivity index (χ4n) is 3.30. The first-order valence-corrected chi connectivity index (χ1v) is 8.92. The number of benzene rings is 1. The summed E-state index contributed by atoms with van der Waals surface area (Å²) in [4.78, 5) is 12.7. The predicted octanol–water partition coefficient (Wildman–Crippen LogP) is 2.15. The Morgan fingerprint density at radius 2 is 2.12 bits per heavy atom. The van der Waals surface area contributed by atoms with Crippen LogP contribution >= 0.6 is 0 Å². The third-order valence-corrected chi connectivity index (χ3v) is 5.01.